The van der Waals surface area contributed by atoms with Gasteiger partial charge >= 0.3 is 0 Å². The van der Waals surface area contributed by atoms with E-state index in [1.807, 2.05) is 36.5 Å². The molecule has 7 rings (SSSR count). The summed E-state index contributed by atoms with van der Waals surface area (Å²) in [6, 6.07) is 11.5. The first kappa shape index (κ1) is 19.5. The number of aromatic hydroxyl groups is 1. The van der Waals surface area contributed by atoms with Crippen molar-refractivity contribution in [2.45, 2.75) is 68.1 Å². The molecule has 2 fully saturated rings. The molecule has 2 heterocycles. The van der Waals surface area contributed by atoms with E-state index in [0.717, 1.165) is 47.7 Å². The molecule has 3 aromatic rings. The van der Waals surface area contributed by atoms with E-state index >= 15 is 0 Å². The number of para-hydroxylation sites is 1. The van der Waals surface area contributed by atoms with Gasteiger partial charge in [-0.3, -0.25) is 4.79 Å². The van der Waals surface area contributed by atoms with Crippen LogP contribution in [0.2, 0.25) is 0 Å². The fourth-order valence-corrected chi connectivity index (χ4v) is 7.71. The Morgan fingerprint density at radius 2 is 2.06 bits per heavy atom. The van der Waals surface area contributed by atoms with Crippen molar-refractivity contribution in [3.63, 3.8) is 0 Å². The van der Waals surface area contributed by atoms with E-state index in [9.17, 15) is 15.0 Å². The molecular formula is C27H28N2O4. The molecule has 5 atom stereocenters. The number of fused-ring (bicyclic) bond motifs is 1. The molecule has 1 aromatic heterocycles. The van der Waals surface area contributed by atoms with Crippen LogP contribution in [0.3, 0.4) is 0 Å². The number of carbonyl (C=O) groups excluding carboxylic acids is 1. The molecule has 1 aliphatic heterocycles. The molecule has 33 heavy (non-hydrogen) atoms. The number of aromatic nitrogens is 1. The Morgan fingerprint density at radius 1 is 1.18 bits per heavy atom. The number of ether oxygens (including phenoxy) is 1. The van der Waals surface area contributed by atoms with Crippen LogP contribution < -0.4 is 10.1 Å². The van der Waals surface area contributed by atoms with Crippen molar-refractivity contribution in [3.05, 3.63) is 59.3 Å². The van der Waals surface area contributed by atoms with Crippen molar-refractivity contribution >= 4 is 16.8 Å². The lowest BCUT2D eigenvalue weighted by Crippen LogP contribution is -2.72. The number of carbonyl (C=O) groups is 1. The van der Waals surface area contributed by atoms with Gasteiger partial charge in [-0.1, -0.05) is 30.7 Å². The van der Waals surface area contributed by atoms with Crippen LogP contribution in [0.4, 0.5) is 0 Å². The summed E-state index contributed by atoms with van der Waals surface area (Å²) in [5.74, 6) is 0.809. The molecule has 2 bridgehead atoms. The van der Waals surface area contributed by atoms with Gasteiger partial charge in [-0.05, 0) is 61.3 Å². The fourth-order valence-electron chi connectivity index (χ4n) is 7.71. The van der Waals surface area contributed by atoms with Gasteiger partial charge in [0.05, 0.1) is 23.5 Å². The van der Waals surface area contributed by atoms with Crippen molar-refractivity contribution in [3.8, 4) is 11.5 Å². The minimum absolute atomic E-state index is 0.0428. The Labute approximate surface area is 192 Å². The number of phenols is 1. The first-order valence-electron chi connectivity index (χ1n) is 12.1. The number of hydrogen-bond donors (Lipinski definition) is 4. The summed E-state index contributed by atoms with van der Waals surface area (Å²) >= 11 is 0. The summed E-state index contributed by atoms with van der Waals surface area (Å²) in [5.41, 5.74) is 2.77. The summed E-state index contributed by atoms with van der Waals surface area (Å²) < 4.78 is 6.46. The number of amides is 1. The maximum absolute atomic E-state index is 13.2. The van der Waals surface area contributed by atoms with E-state index in [0.29, 0.717) is 18.6 Å². The first-order valence-corrected chi connectivity index (χ1v) is 12.1. The molecule has 2 saturated carbocycles. The van der Waals surface area contributed by atoms with E-state index in [1.165, 1.54) is 5.56 Å². The zero-order valence-corrected chi connectivity index (χ0v) is 18.4. The van der Waals surface area contributed by atoms with Crippen LogP contribution in [0.1, 0.15) is 48.8 Å². The Balaban J connectivity index is 1.23. The normalized spacial score (nSPS) is 33.4. The smallest absolute Gasteiger partial charge is 0.224 e. The lowest BCUT2D eigenvalue weighted by molar-refractivity contribution is -0.176. The van der Waals surface area contributed by atoms with Gasteiger partial charge in [0, 0.05) is 22.7 Å². The fraction of sp³-hybridized carbons (Fsp3) is 0.444. The molecule has 4 aliphatic rings. The van der Waals surface area contributed by atoms with E-state index in [4.69, 9.17) is 4.74 Å². The molecule has 2 aromatic carbocycles. The average molecular weight is 445 g/mol. The van der Waals surface area contributed by atoms with E-state index < -0.39 is 11.0 Å². The number of H-pyrrole nitrogens is 1. The molecule has 3 aliphatic carbocycles. The maximum Gasteiger partial charge on any atom is 0.224 e. The van der Waals surface area contributed by atoms with Crippen LogP contribution in [0.5, 0.6) is 11.5 Å². The van der Waals surface area contributed by atoms with Crippen molar-refractivity contribution < 1.29 is 19.7 Å². The van der Waals surface area contributed by atoms with Crippen molar-refractivity contribution in [2.24, 2.45) is 5.92 Å². The van der Waals surface area contributed by atoms with Gasteiger partial charge < -0.3 is 25.3 Å². The summed E-state index contributed by atoms with van der Waals surface area (Å²) in [5, 5.41) is 27.1. The average Bonchev–Trinajstić information content (AvgIpc) is 3.36. The molecule has 1 amide bonds. The third kappa shape index (κ3) is 2.39. The largest absolute Gasteiger partial charge is 0.504 e. The van der Waals surface area contributed by atoms with Gasteiger partial charge in [0.2, 0.25) is 5.91 Å². The summed E-state index contributed by atoms with van der Waals surface area (Å²) in [4.78, 5) is 16.4. The monoisotopic (exact) mass is 444 g/mol. The van der Waals surface area contributed by atoms with E-state index in [1.54, 1.807) is 6.07 Å². The SMILES string of the molecule is O=C(Cc1c[nH]c2ccccc12)N[C@@H]1CC[C@@]2(O)[C@@H]3CCC[C@@]24c2c(ccc(O)c2O[C@@H]14)C3. The molecule has 6 nitrogen and oxygen atoms in total. The topological polar surface area (TPSA) is 94.6 Å². The zero-order valence-electron chi connectivity index (χ0n) is 18.4. The van der Waals surface area contributed by atoms with Crippen LogP contribution in [0, 0.1) is 5.92 Å². The lowest BCUT2D eigenvalue weighted by Gasteiger charge is -2.61. The molecule has 0 saturated heterocycles. The van der Waals surface area contributed by atoms with Crippen LogP contribution in [-0.4, -0.2) is 38.9 Å². The second kappa shape index (κ2) is 6.54. The molecule has 170 valence electrons. The van der Waals surface area contributed by atoms with Gasteiger partial charge in [0.15, 0.2) is 11.5 Å². The standard InChI is InChI=1S/C27H28N2O4/c30-21-8-7-15-12-17-4-3-10-26-23(15)24(21)33-25(26)20(9-11-27(17,26)32)29-22(31)13-16-14-28-19-6-2-1-5-18(16)19/h1-2,5-8,14,17,20,25,28,30,32H,3-4,9-13H2,(H,29,31)/t17-,20-,25+,26+,27-/m1/s1. The van der Waals surface area contributed by atoms with Crippen LogP contribution in [0.15, 0.2) is 42.6 Å². The Hall–Kier alpha value is -2.99. The van der Waals surface area contributed by atoms with Gasteiger partial charge in [0.1, 0.15) is 6.10 Å². The third-order valence-corrected chi connectivity index (χ3v) is 9.01. The number of benzene rings is 2. The Morgan fingerprint density at radius 3 is 2.97 bits per heavy atom. The Bertz CT molecular complexity index is 1300. The maximum atomic E-state index is 13.2. The molecule has 0 unspecified atom stereocenters. The summed E-state index contributed by atoms with van der Waals surface area (Å²) in [7, 11) is 0. The number of phenolic OH excluding ortho intramolecular Hbond substituents is 1. The highest BCUT2D eigenvalue weighted by Gasteiger charge is 2.71. The summed E-state index contributed by atoms with van der Waals surface area (Å²) in [6.45, 7) is 0. The highest BCUT2D eigenvalue weighted by molar-refractivity contribution is 5.89. The van der Waals surface area contributed by atoms with Gasteiger partial charge in [0.25, 0.3) is 0 Å². The van der Waals surface area contributed by atoms with Crippen molar-refractivity contribution in [2.75, 3.05) is 0 Å². The number of rotatable bonds is 3. The number of hydrogen-bond acceptors (Lipinski definition) is 4. The van der Waals surface area contributed by atoms with Crippen LogP contribution in [-0.2, 0) is 23.1 Å². The highest BCUT2D eigenvalue weighted by atomic mass is 16.5. The summed E-state index contributed by atoms with van der Waals surface area (Å²) in [6.07, 6.45) is 6.83. The number of aliphatic hydroxyl groups is 1. The number of nitrogens with one attached hydrogen (secondary N) is 2. The zero-order chi connectivity index (χ0) is 22.4. The second-order valence-corrected chi connectivity index (χ2v) is 10.4. The van der Waals surface area contributed by atoms with Gasteiger partial charge in [-0.2, -0.15) is 0 Å². The lowest BCUT2D eigenvalue weighted by atomic mass is 9.45. The minimum Gasteiger partial charge on any atom is -0.504 e. The van der Waals surface area contributed by atoms with Gasteiger partial charge in [-0.25, -0.2) is 0 Å². The van der Waals surface area contributed by atoms with Crippen LogP contribution >= 0.6 is 0 Å². The second-order valence-electron chi connectivity index (χ2n) is 10.4. The molecular weight excluding hydrogens is 416 g/mol. The minimum atomic E-state index is -0.847. The Kier molecular flexibility index (Phi) is 3.86. The van der Waals surface area contributed by atoms with Crippen molar-refractivity contribution in [1.29, 1.82) is 0 Å². The van der Waals surface area contributed by atoms with Crippen molar-refractivity contribution in [1.82, 2.24) is 10.3 Å². The van der Waals surface area contributed by atoms with Crippen LogP contribution in [0.25, 0.3) is 10.9 Å². The predicted molar refractivity (Wildman–Crippen MR) is 123 cm³/mol. The highest BCUT2D eigenvalue weighted by Crippen LogP contribution is 2.67. The first-order chi connectivity index (χ1) is 16.0. The number of aromatic amines is 1. The quantitative estimate of drug-likeness (QED) is 0.498. The molecule has 0 radical (unpaired) electrons. The molecule has 1 spiro atoms. The van der Waals surface area contributed by atoms with E-state index in [2.05, 4.69) is 10.3 Å². The molecule has 4 N–H and O–H groups in total. The van der Waals surface area contributed by atoms with Gasteiger partial charge in [-0.15, -0.1) is 0 Å². The molecule has 6 heteroatoms. The third-order valence-electron chi connectivity index (χ3n) is 9.01. The predicted octanol–water partition coefficient (Wildman–Crippen LogP) is 3.48. The van der Waals surface area contributed by atoms with E-state index in [-0.39, 0.29) is 36.1 Å².